The van der Waals surface area contributed by atoms with Crippen LogP contribution >= 0.6 is 11.6 Å². The zero-order valence-electron chi connectivity index (χ0n) is 10.9. The molecule has 0 spiro atoms. The van der Waals surface area contributed by atoms with Gasteiger partial charge in [0.2, 0.25) is 0 Å². The van der Waals surface area contributed by atoms with Crippen molar-refractivity contribution in [2.75, 3.05) is 14.2 Å². The van der Waals surface area contributed by atoms with Gasteiger partial charge >= 0.3 is 5.97 Å². The van der Waals surface area contributed by atoms with E-state index >= 15 is 0 Å². The van der Waals surface area contributed by atoms with Crippen LogP contribution in [0, 0.1) is 12.8 Å². The summed E-state index contributed by atoms with van der Waals surface area (Å²) >= 11 is 6.10. The maximum atomic E-state index is 10.9. The number of halogens is 1. The maximum Gasteiger partial charge on any atom is 0.306 e. The highest BCUT2D eigenvalue weighted by Crippen LogP contribution is 2.40. The summed E-state index contributed by atoms with van der Waals surface area (Å²) in [6, 6.07) is 1.73. The molecule has 4 nitrogen and oxygen atoms in total. The molecule has 1 atom stereocenters. The predicted molar refractivity (Wildman–Crippen MR) is 69.8 cm³/mol. The number of carboxylic acid groups (broad SMARTS) is 1. The smallest absolute Gasteiger partial charge is 0.306 e. The van der Waals surface area contributed by atoms with E-state index in [0.29, 0.717) is 22.9 Å². The fourth-order valence-corrected chi connectivity index (χ4v) is 2.11. The summed E-state index contributed by atoms with van der Waals surface area (Å²) in [6.45, 7) is 3.52. The third-order valence-corrected chi connectivity index (χ3v) is 3.18. The highest BCUT2D eigenvalue weighted by Gasteiger charge is 2.19. The molecule has 1 rings (SSSR count). The van der Waals surface area contributed by atoms with Gasteiger partial charge in [0, 0.05) is 0 Å². The van der Waals surface area contributed by atoms with Gasteiger partial charge in [0.1, 0.15) is 0 Å². The van der Waals surface area contributed by atoms with E-state index in [0.717, 1.165) is 11.1 Å². The van der Waals surface area contributed by atoms with Crippen molar-refractivity contribution in [2.24, 2.45) is 5.92 Å². The Kier molecular flexibility index (Phi) is 4.84. The van der Waals surface area contributed by atoms with Crippen molar-refractivity contribution < 1.29 is 19.4 Å². The molecule has 0 saturated carbocycles. The lowest BCUT2D eigenvalue weighted by atomic mass is 9.96. The quantitative estimate of drug-likeness (QED) is 0.895. The number of methoxy groups -OCH3 is 2. The largest absolute Gasteiger partial charge is 0.493 e. The molecule has 0 bridgehead atoms. The number of aliphatic carboxylic acids is 1. The number of carbonyl (C=O) groups is 1. The molecule has 0 radical (unpaired) electrons. The van der Waals surface area contributed by atoms with Gasteiger partial charge in [-0.25, -0.2) is 0 Å². The maximum absolute atomic E-state index is 10.9. The summed E-state index contributed by atoms with van der Waals surface area (Å²) in [5.41, 5.74) is 1.71. The number of benzene rings is 1. The van der Waals surface area contributed by atoms with Crippen molar-refractivity contribution in [1.29, 1.82) is 0 Å². The molecule has 0 aliphatic heterocycles. The van der Waals surface area contributed by atoms with Gasteiger partial charge < -0.3 is 14.6 Å². The number of rotatable bonds is 5. The van der Waals surface area contributed by atoms with E-state index in [1.54, 1.807) is 13.0 Å². The molecule has 0 fully saturated rings. The summed E-state index contributed by atoms with van der Waals surface area (Å²) in [5.74, 6) is -0.279. The third kappa shape index (κ3) is 2.88. The topological polar surface area (TPSA) is 55.8 Å². The summed E-state index contributed by atoms with van der Waals surface area (Å²) in [7, 11) is 3.05. The van der Waals surface area contributed by atoms with Gasteiger partial charge in [0.05, 0.1) is 25.2 Å². The molecule has 0 heterocycles. The van der Waals surface area contributed by atoms with Gasteiger partial charge in [-0.15, -0.1) is 0 Å². The highest BCUT2D eigenvalue weighted by atomic mass is 35.5. The lowest BCUT2D eigenvalue weighted by Gasteiger charge is -2.17. The molecule has 1 aromatic carbocycles. The number of ether oxygens (including phenoxy) is 2. The van der Waals surface area contributed by atoms with Gasteiger partial charge in [-0.2, -0.15) is 0 Å². The van der Waals surface area contributed by atoms with Crippen LogP contribution in [0.25, 0.3) is 0 Å². The Morgan fingerprint density at radius 3 is 2.39 bits per heavy atom. The summed E-state index contributed by atoms with van der Waals surface area (Å²) in [5, 5.41) is 9.37. The molecule has 0 aliphatic carbocycles. The molecule has 0 aliphatic rings. The van der Waals surface area contributed by atoms with E-state index in [4.69, 9.17) is 26.2 Å². The van der Waals surface area contributed by atoms with E-state index in [2.05, 4.69) is 0 Å². The van der Waals surface area contributed by atoms with Crippen molar-refractivity contribution in [3.63, 3.8) is 0 Å². The van der Waals surface area contributed by atoms with E-state index in [-0.39, 0.29) is 0 Å². The van der Waals surface area contributed by atoms with E-state index in [1.165, 1.54) is 14.2 Å². The zero-order valence-corrected chi connectivity index (χ0v) is 11.7. The van der Waals surface area contributed by atoms with E-state index < -0.39 is 11.9 Å². The molecule has 0 aromatic heterocycles. The van der Waals surface area contributed by atoms with Crippen molar-refractivity contribution >= 4 is 17.6 Å². The lowest BCUT2D eigenvalue weighted by Crippen LogP contribution is -2.13. The Morgan fingerprint density at radius 2 is 1.94 bits per heavy atom. The summed E-state index contributed by atoms with van der Waals surface area (Å²) in [4.78, 5) is 10.9. The Morgan fingerprint density at radius 1 is 1.39 bits per heavy atom. The molecule has 1 N–H and O–H groups in total. The van der Waals surface area contributed by atoms with Crippen molar-refractivity contribution in [3.05, 3.63) is 22.2 Å². The normalized spacial score (nSPS) is 12.1. The number of hydrogen-bond donors (Lipinski definition) is 1. The highest BCUT2D eigenvalue weighted by molar-refractivity contribution is 6.32. The van der Waals surface area contributed by atoms with Crippen LogP contribution in [0.1, 0.15) is 18.1 Å². The molecule has 5 heteroatoms. The van der Waals surface area contributed by atoms with Crippen molar-refractivity contribution in [2.45, 2.75) is 20.3 Å². The average molecular weight is 273 g/mol. The molecule has 0 saturated heterocycles. The first kappa shape index (κ1) is 14.6. The minimum absolute atomic E-state index is 0.404. The Labute approximate surface area is 111 Å². The molecular weight excluding hydrogens is 256 g/mol. The van der Waals surface area contributed by atoms with Gasteiger partial charge in [-0.05, 0) is 30.5 Å². The molecule has 1 aromatic rings. The summed E-state index contributed by atoms with van der Waals surface area (Å²) in [6.07, 6.45) is 0.404. The van der Waals surface area contributed by atoms with Gasteiger partial charge in [0.15, 0.2) is 11.5 Å². The fraction of sp³-hybridized carbons (Fsp3) is 0.462. The molecule has 18 heavy (non-hydrogen) atoms. The second kappa shape index (κ2) is 5.96. The van der Waals surface area contributed by atoms with Gasteiger partial charge in [-0.1, -0.05) is 18.5 Å². The van der Waals surface area contributed by atoms with E-state index in [9.17, 15) is 4.79 Å². The average Bonchev–Trinajstić information content (AvgIpc) is 2.32. The van der Waals surface area contributed by atoms with Gasteiger partial charge in [-0.3, -0.25) is 4.79 Å². The minimum Gasteiger partial charge on any atom is -0.493 e. The van der Waals surface area contributed by atoms with E-state index in [1.807, 2.05) is 6.92 Å². The Hall–Kier alpha value is -1.42. The SMILES string of the molecule is COc1c(Cl)cc(CC(C)C(=O)O)c(C)c1OC. The van der Waals surface area contributed by atoms with Crippen LogP contribution in [0.3, 0.4) is 0 Å². The lowest BCUT2D eigenvalue weighted by molar-refractivity contribution is -0.141. The second-order valence-corrected chi connectivity index (χ2v) is 4.56. The zero-order chi connectivity index (χ0) is 13.9. The minimum atomic E-state index is -0.833. The van der Waals surface area contributed by atoms with Crippen LogP contribution in [0.15, 0.2) is 6.07 Å². The van der Waals surface area contributed by atoms with Crippen LogP contribution in [0.5, 0.6) is 11.5 Å². The third-order valence-electron chi connectivity index (χ3n) is 2.90. The van der Waals surface area contributed by atoms with Crippen LogP contribution < -0.4 is 9.47 Å². The first-order valence-electron chi connectivity index (χ1n) is 5.55. The van der Waals surface area contributed by atoms with Crippen molar-refractivity contribution in [1.82, 2.24) is 0 Å². The summed E-state index contributed by atoms with van der Waals surface area (Å²) < 4.78 is 10.5. The molecule has 1 unspecified atom stereocenters. The molecule has 100 valence electrons. The Bertz CT molecular complexity index is 457. The Balaban J connectivity index is 3.22. The van der Waals surface area contributed by atoms with Crippen LogP contribution in [-0.4, -0.2) is 25.3 Å². The fourth-order valence-electron chi connectivity index (χ4n) is 1.82. The van der Waals surface area contributed by atoms with Crippen LogP contribution in [0.4, 0.5) is 0 Å². The predicted octanol–water partition coefficient (Wildman–Crippen LogP) is 2.93. The van der Waals surface area contributed by atoms with Crippen molar-refractivity contribution in [3.8, 4) is 11.5 Å². The first-order valence-corrected chi connectivity index (χ1v) is 5.92. The standard InChI is InChI=1S/C13H17ClO4/c1-7(13(15)16)5-9-6-10(14)12(18-4)11(17-3)8(9)2/h6-7H,5H2,1-4H3,(H,15,16). The molecular formula is C13H17ClO4. The van der Waals surface area contributed by atoms with Crippen LogP contribution in [0.2, 0.25) is 5.02 Å². The second-order valence-electron chi connectivity index (χ2n) is 4.15. The molecule has 0 amide bonds. The van der Waals surface area contributed by atoms with Gasteiger partial charge in [0.25, 0.3) is 0 Å². The first-order chi connectivity index (χ1) is 8.42. The number of carboxylic acids is 1. The number of hydrogen-bond acceptors (Lipinski definition) is 3. The monoisotopic (exact) mass is 272 g/mol. The van der Waals surface area contributed by atoms with Crippen LogP contribution in [-0.2, 0) is 11.2 Å².